The van der Waals surface area contributed by atoms with E-state index in [1.54, 1.807) is 38.5 Å². The molecule has 0 fully saturated rings. The molecular formula is C22H25ClN4O4. The Morgan fingerprint density at radius 3 is 2.48 bits per heavy atom. The lowest BCUT2D eigenvalue weighted by Crippen LogP contribution is -2.33. The van der Waals surface area contributed by atoms with E-state index in [1.807, 2.05) is 30.0 Å². The normalized spacial score (nSPS) is 10.9. The van der Waals surface area contributed by atoms with E-state index in [0.717, 1.165) is 6.42 Å². The molecule has 0 bridgehead atoms. The van der Waals surface area contributed by atoms with Crippen molar-refractivity contribution in [1.82, 2.24) is 15.1 Å². The Morgan fingerprint density at radius 1 is 1.13 bits per heavy atom. The van der Waals surface area contributed by atoms with Crippen molar-refractivity contribution in [2.45, 2.75) is 19.9 Å². The first-order valence-corrected chi connectivity index (χ1v) is 10.2. The van der Waals surface area contributed by atoms with Crippen LogP contribution in [0.5, 0.6) is 11.5 Å². The quantitative estimate of drug-likeness (QED) is 0.499. The van der Waals surface area contributed by atoms with Gasteiger partial charge in [-0.25, -0.2) is 0 Å². The SMILES string of the molecule is CCCN(CC(=O)Nc1cc(OC)cc(OC)c1)Cc1nnc(-c2ccccc2Cl)o1. The number of hydrogen-bond donors (Lipinski definition) is 1. The van der Waals surface area contributed by atoms with E-state index >= 15 is 0 Å². The van der Waals surface area contributed by atoms with Gasteiger partial charge in [0.25, 0.3) is 0 Å². The molecule has 0 atom stereocenters. The van der Waals surface area contributed by atoms with Gasteiger partial charge in [-0.05, 0) is 25.1 Å². The first kappa shape index (κ1) is 22.6. The molecule has 0 saturated carbocycles. The maximum absolute atomic E-state index is 12.6. The Kier molecular flexibility index (Phi) is 7.86. The van der Waals surface area contributed by atoms with E-state index in [4.69, 9.17) is 25.5 Å². The minimum atomic E-state index is -0.172. The number of hydrogen-bond acceptors (Lipinski definition) is 7. The van der Waals surface area contributed by atoms with Crippen molar-refractivity contribution in [3.8, 4) is 23.0 Å². The van der Waals surface area contributed by atoms with Crippen LogP contribution in [0.1, 0.15) is 19.2 Å². The number of carbonyl (C=O) groups is 1. The monoisotopic (exact) mass is 444 g/mol. The largest absolute Gasteiger partial charge is 0.497 e. The summed E-state index contributed by atoms with van der Waals surface area (Å²) in [5, 5.41) is 11.6. The highest BCUT2D eigenvalue weighted by Crippen LogP contribution is 2.27. The zero-order valence-corrected chi connectivity index (χ0v) is 18.5. The number of rotatable bonds is 10. The van der Waals surface area contributed by atoms with Gasteiger partial charge in [0.15, 0.2) is 0 Å². The van der Waals surface area contributed by atoms with Gasteiger partial charge in [0.2, 0.25) is 17.7 Å². The second-order valence-corrected chi connectivity index (χ2v) is 7.25. The van der Waals surface area contributed by atoms with E-state index in [2.05, 4.69) is 15.5 Å². The lowest BCUT2D eigenvalue weighted by molar-refractivity contribution is -0.117. The third-order valence-electron chi connectivity index (χ3n) is 4.47. The second-order valence-electron chi connectivity index (χ2n) is 6.84. The van der Waals surface area contributed by atoms with Crippen LogP contribution in [0.25, 0.3) is 11.5 Å². The average Bonchev–Trinajstić information content (AvgIpc) is 3.21. The Hall–Kier alpha value is -3.10. The van der Waals surface area contributed by atoms with Gasteiger partial charge in [-0.15, -0.1) is 10.2 Å². The number of amides is 1. The highest BCUT2D eigenvalue weighted by atomic mass is 35.5. The number of aromatic nitrogens is 2. The number of methoxy groups -OCH3 is 2. The molecule has 1 amide bonds. The molecule has 0 unspecified atom stereocenters. The van der Waals surface area contributed by atoms with Crippen LogP contribution in [-0.2, 0) is 11.3 Å². The van der Waals surface area contributed by atoms with Gasteiger partial charge in [0, 0.05) is 23.9 Å². The number of nitrogens with zero attached hydrogens (tertiary/aromatic N) is 3. The van der Waals surface area contributed by atoms with Crippen molar-refractivity contribution < 1.29 is 18.7 Å². The van der Waals surface area contributed by atoms with Crippen LogP contribution in [0, 0.1) is 0 Å². The van der Waals surface area contributed by atoms with E-state index in [1.165, 1.54) is 0 Å². The summed E-state index contributed by atoms with van der Waals surface area (Å²) in [4.78, 5) is 14.6. The second kappa shape index (κ2) is 10.8. The van der Waals surface area contributed by atoms with Crippen LogP contribution in [0.2, 0.25) is 5.02 Å². The first-order chi connectivity index (χ1) is 15.0. The van der Waals surface area contributed by atoms with Gasteiger partial charge in [-0.1, -0.05) is 30.7 Å². The fraction of sp³-hybridized carbons (Fsp3) is 0.318. The molecule has 2 aromatic carbocycles. The molecule has 1 aromatic heterocycles. The molecule has 3 rings (SSSR count). The highest BCUT2D eigenvalue weighted by Gasteiger charge is 2.17. The summed E-state index contributed by atoms with van der Waals surface area (Å²) in [6.07, 6.45) is 0.867. The molecule has 0 saturated heterocycles. The lowest BCUT2D eigenvalue weighted by atomic mass is 10.2. The van der Waals surface area contributed by atoms with Crippen LogP contribution in [0.3, 0.4) is 0 Å². The smallest absolute Gasteiger partial charge is 0.249 e. The zero-order chi connectivity index (χ0) is 22.2. The number of benzene rings is 2. The summed E-state index contributed by atoms with van der Waals surface area (Å²) in [6.45, 7) is 3.25. The molecule has 0 aliphatic rings. The van der Waals surface area contributed by atoms with Crippen LogP contribution in [-0.4, -0.2) is 48.3 Å². The minimum Gasteiger partial charge on any atom is -0.497 e. The van der Waals surface area contributed by atoms with Crippen LogP contribution in [0.4, 0.5) is 5.69 Å². The van der Waals surface area contributed by atoms with Crippen LogP contribution in [0.15, 0.2) is 46.9 Å². The first-order valence-electron chi connectivity index (χ1n) is 9.85. The van der Waals surface area contributed by atoms with Crippen molar-refractivity contribution in [2.24, 2.45) is 0 Å². The predicted molar refractivity (Wildman–Crippen MR) is 118 cm³/mol. The highest BCUT2D eigenvalue weighted by molar-refractivity contribution is 6.33. The number of carbonyl (C=O) groups excluding carboxylic acids is 1. The molecule has 0 spiro atoms. The standard InChI is InChI=1S/C22H25ClN4O4/c1-4-9-27(13-20(28)24-15-10-16(29-2)12-17(11-15)30-3)14-21-25-26-22(31-21)18-7-5-6-8-19(18)23/h5-8,10-12H,4,9,13-14H2,1-3H3,(H,24,28). The third kappa shape index (κ3) is 6.19. The predicted octanol–water partition coefficient (Wildman–Crippen LogP) is 4.26. The molecule has 31 heavy (non-hydrogen) atoms. The molecule has 0 aliphatic heterocycles. The molecule has 1 heterocycles. The lowest BCUT2D eigenvalue weighted by Gasteiger charge is -2.19. The fourth-order valence-corrected chi connectivity index (χ4v) is 3.28. The maximum atomic E-state index is 12.6. The third-order valence-corrected chi connectivity index (χ3v) is 4.80. The molecule has 0 aliphatic carbocycles. The molecule has 8 nitrogen and oxygen atoms in total. The molecular weight excluding hydrogens is 420 g/mol. The molecule has 1 N–H and O–H groups in total. The number of anilines is 1. The van der Waals surface area contributed by atoms with Crippen LogP contribution < -0.4 is 14.8 Å². The van der Waals surface area contributed by atoms with E-state index in [-0.39, 0.29) is 12.5 Å². The van der Waals surface area contributed by atoms with Crippen molar-refractivity contribution in [1.29, 1.82) is 0 Å². The Labute approximate surface area is 186 Å². The Morgan fingerprint density at radius 2 is 1.84 bits per heavy atom. The van der Waals surface area contributed by atoms with Crippen molar-refractivity contribution in [2.75, 3.05) is 32.6 Å². The van der Waals surface area contributed by atoms with Gasteiger partial charge in [0.1, 0.15) is 11.5 Å². The summed E-state index contributed by atoms with van der Waals surface area (Å²) >= 11 is 6.20. The van der Waals surface area contributed by atoms with Gasteiger partial charge >= 0.3 is 0 Å². The van der Waals surface area contributed by atoms with Crippen molar-refractivity contribution in [3.63, 3.8) is 0 Å². The van der Waals surface area contributed by atoms with Crippen LogP contribution >= 0.6 is 11.6 Å². The summed E-state index contributed by atoms with van der Waals surface area (Å²) in [5.74, 6) is 1.79. The zero-order valence-electron chi connectivity index (χ0n) is 17.7. The van der Waals surface area contributed by atoms with Gasteiger partial charge < -0.3 is 19.2 Å². The van der Waals surface area contributed by atoms with E-state index < -0.39 is 0 Å². The van der Waals surface area contributed by atoms with E-state index in [9.17, 15) is 4.79 Å². The average molecular weight is 445 g/mol. The van der Waals surface area contributed by atoms with Gasteiger partial charge in [-0.3, -0.25) is 9.69 Å². The number of ether oxygens (including phenoxy) is 2. The van der Waals surface area contributed by atoms with Crippen molar-refractivity contribution >= 4 is 23.2 Å². The molecule has 9 heteroatoms. The van der Waals surface area contributed by atoms with Gasteiger partial charge in [0.05, 0.1) is 37.9 Å². The summed E-state index contributed by atoms with van der Waals surface area (Å²) in [6, 6.07) is 12.5. The fourth-order valence-electron chi connectivity index (χ4n) is 3.07. The van der Waals surface area contributed by atoms with E-state index in [0.29, 0.717) is 52.6 Å². The van der Waals surface area contributed by atoms with Gasteiger partial charge in [-0.2, -0.15) is 0 Å². The Bertz CT molecular complexity index is 1000. The minimum absolute atomic E-state index is 0.164. The van der Waals surface area contributed by atoms with Crippen molar-refractivity contribution in [3.05, 3.63) is 53.4 Å². The summed E-state index contributed by atoms with van der Waals surface area (Å²) in [5.41, 5.74) is 1.27. The topological polar surface area (TPSA) is 89.7 Å². The summed E-state index contributed by atoms with van der Waals surface area (Å²) < 4.78 is 16.3. The molecule has 164 valence electrons. The molecule has 3 aromatic rings. The number of nitrogens with one attached hydrogen (secondary N) is 1. The Balaban J connectivity index is 1.66. The number of halogens is 1. The summed E-state index contributed by atoms with van der Waals surface area (Å²) in [7, 11) is 3.12. The maximum Gasteiger partial charge on any atom is 0.249 e. The molecule has 0 radical (unpaired) electrons.